The summed E-state index contributed by atoms with van der Waals surface area (Å²) >= 11 is 0. The summed E-state index contributed by atoms with van der Waals surface area (Å²) in [6.45, 7) is 0. The maximum atomic E-state index is 12.1. The number of anilines is 2. The van der Waals surface area contributed by atoms with Gasteiger partial charge in [-0.2, -0.15) is 4.98 Å². The van der Waals surface area contributed by atoms with Crippen molar-refractivity contribution >= 4 is 17.4 Å². The number of amides is 1. The monoisotopic (exact) mass is 256 g/mol. The summed E-state index contributed by atoms with van der Waals surface area (Å²) in [6.07, 6.45) is 1.39. The van der Waals surface area contributed by atoms with Crippen molar-refractivity contribution in [1.82, 2.24) is 9.97 Å². The van der Waals surface area contributed by atoms with E-state index in [4.69, 9.17) is 4.74 Å². The molecule has 2 heterocycles. The van der Waals surface area contributed by atoms with Crippen molar-refractivity contribution in [3.63, 3.8) is 0 Å². The second-order valence-corrected chi connectivity index (χ2v) is 4.08. The van der Waals surface area contributed by atoms with Gasteiger partial charge in [0.25, 0.3) is 5.91 Å². The summed E-state index contributed by atoms with van der Waals surface area (Å²) in [7, 11) is 1.50. The van der Waals surface area contributed by atoms with Crippen LogP contribution < -0.4 is 15.4 Å². The van der Waals surface area contributed by atoms with Crippen molar-refractivity contribution in [2.45, 2.75) is 6.04 Å². The standard InChI is InChI=1S/C13H12N4O2/c1-19-13-10-11(14-7-15-13)16-9(12(18)17-10)8-5-3-2-4-6-8/h2-7,9H,1H3,(H,17,18)(H,14,15,16). The smallest absolute Gasteiger partial charge is 0.251 e. The van der Waals surface area contributed by atoms with Crippen LogP contribution >= 0.6 is 0 Å². The zero-order valence-electron chi connectivity index (χ0n) is 10.3. The molecule has 96 valence electrons. The fourth-order valence-corrected chi connectivity index (χ4v) is 2.02. The van der Waals surface area contributed by atoms with Gasteiger partial charge < -0.3 is 15.4 Å². The lowest BCUT2D eigenvalue weighted by Gasteiger charge is -2.26. The van der Waals surface area contributed by atoms with Crippen LogP contribution in [0.3, 0.4) is 0 Å². The summed E-state index contributed by atoms with van der Waals surface area (Å²) in [5, 5.41) is 5.87. The molecule has 0 bridgehead atoms. The lowest BCUT2D eigenvalue weighted by Crippen LogP contribution is -2.32. The van der Waals surface area contributed by atoms with Gasteiger partial charge in [0, 0.05) is 0 Å². The second-order valence-electron chi connectivity index (χ2n) is 4.08. The Morgan fingerprint density at radius 1 is 1.21 bits per heavy atom. The third-order valence-corrected chi connectivity index (χ3v) is 2.93. The molecule has 1 aromatic heterocycles. The number of fused-ring (bicyclic) bond motifs is 1. The molecule has 6 heteroatoms. The Hall–Kier alpha value is -2.63. The van der Waals surface area contributed by atoms with Crippen LogP contribution in [0.2, 0.25) is 0 Å². The molecule has 1 aliphatic rings. The van der Waals surface area contributed by atoms with Crippen LogP contribution in [0.5, 0.6) is 5.88 Å². The lowest BCUT2D eigenvalue weighted by atomic mass is 10.0. The van der Waals surface area contributed by atoms with Crippen LogP contribution in [0.1, 0.15) is 11.6 Å². The van der Waals surface area contributed by atoms with E-state index in [1.807, 2.05) is 30.3 Å². The Balaban J connectivity index is 1.99. The van der Waals surface area contributed by atoms with E-state index in [9.17, 15) is 4.79 Å². The van der Waals surface area contributed by atoms with Crippen LogP contribution in [0.4, 0.5) is 11.5 Å². The first kappa shape index (κ1) is 11.5. The van der Waals surface area contributed by atoms with Crippen molar-refractivity contribution < 1.29 is 9.53 Å². The Labute approximate surface area is 109 Å². The molecule has 1 unspecified atom stereocenters. The first-order valence-corrected chi connectivity index (χ1v) is 5.81. The number of rotatable bonds is 2. The first-order chi connectivity index (χ1) is 9.29. The average Bonchev–Trinajstić information content (AvgIpc) is 2.47. The number of aromatic nitrogens is 2. The van der Waals surface area contributed by atoms with Gasteiger partial charge in [0.15, 0.2) is 5.82 Å². The van der Waals surface area contributed by atoms with Gasteiger partial charge in [-0.1, -0.05) is 30.3 Å². The van der Waals surface area contributed by atoms with Gasteiger partial charge in [-0.3, -0.25) is 4.79 Å². The van der Waals surface area contributed by atoms with E-state index in [1.54, 1.807) is 0 Å². The van der Waals surface area contributed by atoms with Crippen LogP contribution in [0, 0.1) is 0 Å². The molecular formula is C13H12N4O2. The van der Waals surface area contributed by atoms with E-state index in [1.165, 1.54) is 13.4 Å². The molecule has 2 N–H and O–H groups in total. The van der Waals surface area contributed by atoms with Crippen molar-refractivity contribution in [3.8, 4) is 5.88 Å². The molecule has 1 amide bonds. The van der Waals surface area contributed by atoms with Crippen molar-refractivity contribution in [3.05, 3.63) is 42.2 Å². The molecule has 1 atom stereocenters. The third-order valence-electron chi connectivity index (χ3n) is 2.93. The fourth-order valence-electron chi connectivity index (χ4n) is 2.02. The number of hydrogen-bond donors (Lipinski definition) is 2. The minimum atomic E-state index is -0.465. The van der Waals surface area contributed by atoms with Gasteiger partial charge in [-0.05, 0) is 5.56 Å². The van der Waals surface area contributed by atoms with E-state index in [0.717, 1.165) is 5.56 Å². The summed E-state index contributed by atoms with van der Waals surface area (Å²) in [5.41, 5.74) is 1.35. The number of hydrogen-bond acceptors (Lipinski definition) is 5. The number of ether oxygens (including phenoxy) is 1. The van der Waals surface area contributed by atoms with Crippen LogP contribution in [0.15, 0.2) is 36.7 Å². The topological polar surface area (TPSA) is 76.1 Å². The van der Waals surface area contributed by atoms with Gasteiger partial charge in [0.2, 0.25) is 5.88 Å². The zero-order valence-corrected chi connectivity index (χ0v) is 10.3. The van der Waals surface area contributed by atoms with Gasteiger partial charge in [-0.15, -0.1) is 0 Å². The molecule has 3 rings (SSSR count). The molecule has 0 saturated heterocycles. The molecule has 19 heavy (non-hydrogen) atoms. The van der Waals surface area contributed by atoms with E-state index in [0.29, 0.717) is 17.4 Å². The van der Waals surface area contributed by atoms with Crippen molar-refractivity contribution in [1.29, 1.82) is 0 Å². The molecule has 0 radical (unpaired) electrons. The SMILES string of the molecule is COc1ncnc2c1NC(=O)C(c1ccccc1)N2. The molecule has 0 fully saturated rings. The summed E-state index contributed by atoms with van der Waals surface area (Å²) in [5.74, 6) is 0.740. The highest BCUT2D eigenvalue weighted by Crippen LogP contribution is 2.35. The number of nitrogens with one attached hydrogen (secondary N) is 2. The molecule has 1 aliphatic heterocycles. The van der Waals surface area contributed by atoms with Crippen LogP contribution in [0.25, 0.3) is 0 Å². The predicted octanol–water partition coefficient (Wildman–Crippen LogP) is 1.59. The van der Waals surface area contributed by atoms with E-state index in [2.05, 4.69) is 20.6 Å². The minimum absolute atomic E-state index is 0.160. The van der Waals surface area contributed by atoms with Gasteiger partial charge in [0.05, 0.1) is 7.11 Å². The van der Waals surface area contributed by atoms with Crippen LogP contribution in [-0.4, -0.2) is 23.0 Å². The third kappa shape index (κ3) is 1.97. The van der Waals surface area contributed by atoms with E-state index < -0.39 is 6.04 Å². The molecule has 2 aromatic rings. The number of carbonyl (C=O) groups excluding carboxylic acids is 1. The van der Waals surface area contributed by atoms with Crippen molar-refractivity contribution in [2.24, 2.45) is 0 Å². The van der Waals surface area contributed by atoms with Crippen molar-refractivity contribution in [2.75, 3.05) is 17.7 Å². The summed E-state index contributed by atoms with van der Waals surface area (Å²) < 4.78 is 5.10. The average molecular weight is 256 g/mol. The Bertz CT molecular complexity index is 615. The van der Waals surface area contributed by atoms with Crippen LogP contribution in [-0.2, 0) is 4.79 Å². The predicted molar refractivity (Wildman–Crippen MR) is 70.0 cm³/mol. The Kier molecular flexibility index (Phi) is 2.75. The molecule has 0 aliphatic carbocycles. The largest absolute Gasteiger partial charge is 0.479 e. The maximum Gasteiger partial charge on any atom is 0.251 e. The highest BCUT2D eigenvalue weighted by Gasteiger charge is 2.29. The fraction of sp³-hybridized carbons (Fsp3) is 0.154. The van der Waals surface area contributed by atoms with Gasteiger partial charge in [0.1, 0.15) is 18.1 Å². The number of nitrogens with zero attached hydrogens (tertiary/aromatic N) is 2. The van der Waals surface area contributed by atoms with Gasteiger partial charge >= 0.3 is 0 Å². The molecule has 1 aromatic carbocycles. The first-order valence-electron chi connectivity index (χ1n) is 5.81. The highest BCUT2D eigenvalue weighted by atomic mass is 16.5. The zero-order chi connectivity index (χ0) is 13.2. The maximum absolute atomic E-state index is 12.1. The van der Waals surface area contributed by atoms with Gasteiger partial charge in [-0.25, -0.2) is 4.98 Å². The number of methoxy groups -OCH3 is 1. The molecule has 6 nitrogen and oxygen atoms in total. The second kappa shape index (κ2) is 4.56. The lowest BCUT2D eigenvalue weighted by molar-refractivity contribution is -0.117. The quantitative estimate of drug-likeness (QED) is 0.853. The molecule has 0 spiro atoms. The minimum Gasteiger partial charge on any atom is -0.479 e. The van der Waals surface area contributed by atoms with E-state index >= 15 is 0 Å². The number of benzene rings is 1. The highest BCUT2D eigenvalue weighted by molar-refractivity contribution is 6.03. The summed E-state index contributed by atoms with van der Waals surface area (Å²) in [4.78, 5) is 20.2. The number of carbonyl (C=O) groups is 1. The van der Waals surface area contributed by atoms with E-state index in [-0.39, 0.29) is 5.91 Å². The molecule has 0 saturated carbocycles. The Morgan fingerprint density at radius 2 is 2.00 bits per heavy atom. The Morgan fingerprint density at radius 3 is 2.74 bits per heavy atom. The normalized spacial score (nSPS) is 17.1. The molecular weight excluding hydrogens is 244 g/mol. The summed E-state index contributed by atoms with van der Waals surface area (Å²) in [6, 6.07) is 9.00.